The van der Waals surface area contributed by atoms with Crippen molar-refractivity contribution >= 4 is 34.2 Å². The van der Waals surface area contributed by atoms with Gasteiger partial charge in [0.1, 0.15) is 11.4 Å². The van der Waals surface area contributed by atoms with Crippen molar-refractivity contribution in [3.05, 3.63) is 94.0 Å². The number of hydrogen-bond acceptors (Lipinski definition) is 7. The van der Waals surface area contributed by atoms with Crippen LogP contribution in [0.3, 0.4) is 0 Å². The monoisotopic (exact) mass is 471 g/mol. The van der Waals surface area contributed by atoms with Gasteiger partial charge in [-0.2, -0.15) is 0 Å². The number of nitro benzene ring substituents is 1. The molecule has 0 radical (unpaired) electrons. The van der Waals surface area contributed by atoms with E-state index in [0.717, 1.165) is 5.56 Å². The Morgan fingerprint density at radius 2 is 1.77 bits per heavy atom. The molecule has 0 aliphatic rings. The Balaban J connectivity index is 1.57. The van der Waals surface area contributed by atoms with Crippen LogP contribution >= 0.6 is 0 Å². The van der Waals surface area contributed by atoms with Crippen molar-refractivity contribution in [2.24, 2.45) is 0 Å². The first-order chi connectivity index (χ1) is 16.9. The van der Waals surface area contributed by atoms with E-state index in [-0.39, 0.29) is 16.9 Å². The average molecular weight is 471 g/mol. The molecule has 1 heterocycles. The van der Waals surface area contributed by atoms with Crippen LogP contribution in [0.15, 0.2) is 72.8 Å². The third-order valence-corrected chi connectivity index (χ3v) is 5.37. The number of methoxy groups -OCH3 is 1. The van der Waals surface area contributed by atoms with E-state index in [4.69, 9.17) is 9.47 Å². The van der Waals surface area contributed by atoms with Gasteiger partial charge in [0.15, 0.2) is 6.61 Å². The quantitative estimate of drug-likeness (QED) is 0.231. The number of amides is 1. The highest BCUT2D eigenvalue weighted by Gasteiger charge is 2.20. The zero-order valence-corrected chi connectivity index (χ0v) is 19.0. The largest absolute Gasteiger partial charge is 0.497 e. The molecule has 0 atom stereocenters. The molecule has 9 nitrogen and oxygen atoms in total. The number of para-hydroxylation sites is 2. The molecule has 0 aliphatic heterocycles. The first-order valence-corrected chi connectivity index (χ1v) is 10.6. The molecule has 0 saturated heterocycles. The maximum Gasteiger partial charge on any atom is 0.339 e. The summed E-state index contributed by atoms with van der Waals surface area (Å²) >= 11 is 0. The molecule has 1 amide bonds. The molecule has 4 aromatic rings. The molecule has 1 aromatic heterocycles. The van der Waals surface area contributed by atoms with E-state index in [1.54, 1.807) is 56.5 Å². The number of aryl methyl sites for hydroxylation is 1. The topological polar surface area (TPSA) is 121 Å². The van der Waals surface area contributed by atoms with Crippen LogP contribution in [-0.2, 0) is 9.53 Å². The second-order valence-corrected chi connectivity index (χ2v) is 7.65. The number of benzene rings is 3. The van der Waals surface area contributed by atoms with Crippen molar-refractivity contribution < 1.29 is 24.0 Å². The number of rotatable bonds is 7. The van der Waals surface area contributed by atoms with Gasteiger partial charge in [-0.1, -0.05) is 30.3 Å². The van der Waals surface area contributed by atoms with Gasteiger partial charge in [-0.15, -0.1) is 0 Å². The SMILES string of the molecule is COc1ccc(-c2cc(C(=O)OCC(=O)Nc3c(C)cccc3[N+](=O)[O-])c3ccccc3n2)cc1. The Morgan fingerprint density at radius 1 is 1.03 bits per heavy atom. The zero-order chi connectivity index (χ0) is 24.9. The summed E-state index contributed by atoms with van der Waals surface area (Å²) in [6.07, 6.45) is 0. The minimum absolute atomic E-state index is 0.0645. The fourth-order valence-electron chi connectivity index (χ4n) is 3.61. The predicted molar refractivity (Wildman–Crippen MR) is 130 cm³/mol. The number of esters is 1. The maximum absolute atomic E-state index is 13.0. The van der Waals surface area contributed by atoms with Crippen LogP contribution in [0.5, 0.6) is 5.75 Å². The number of carbonyl (C=O) groups excluding carboxylic acids is 2. The molecule has 0 fully saturated rings. The number of ether oxygens (including phenoxy) is 2. The summed E-state index contributed by atoms with van der Waals surface area (Å²) < 4.78 is 10.5. The summed E-state index contributed by atoms with van der Waals surface area (Å²) in [6, 6.07) is 20.4. The summed E-state index contributed by atoms with van der Waals surface area (Å²) in [5.74, 6) is -0.716. The van der Waals surface area contributed by atoms with Crippen LogP contribution in [0.25, 0.3) is 22.2 Å². The number of hydrogen-bond donors (Lipinski definition) is 1. The highest BCUT2D eigenvalue weighted by molar-refractivity contribution is 6.05. The van der Waals surface area contributed by atoms with E-state index in [1.165, 1.54) is 12.1 Å². The molecule has 0 unspecified atom stereocenters. The lowest BCUT2D eigenvalue weighted by molar-refractivity contribution is -0.384. The molecular formula is C26H21N3O6. The van der Waals surface area contributed by atoms with Gasteiger partial charge in [0.2, 0.25) is 0 Å². The minimum atomic E-state index is -0.715. The summed E-state index contributed by atoms with van der Waals surface area (Å²) in [6.45, 7) is 1.03. The van der Waals surface area contributed by atoms with Crippen molar-refractivity contribution in [1.29, 1.82) is 0 Å². The van der Waals surface area contributed by atoms with Crippen molar-refractivity contribution in [3.63, 3.8) is 0 Å². The van der Waals surface area contributed by atoms with E-state index in [1.807, 2.05) is 18.2 Å². The van der Waals surface area contributed by atoms with E-state index in [9.17, 15) is 19.7 Å². The third kappa shape index (κ3) is 5.09. The lowest BCUT2D eigenvalue weighted by Crippen LogP contribution is -2.22. The first kappa shape index (κ1) is 23.4. The summed E-state index contributed by atoms with van der Waals surface area (Å²) in [4.78, 5) is 40.8. The van der Waals surface area contributed by atoms with Gasteiger partial charge in [-0.25, -0.2) is 9.78 Å². The minimum Gasteiger partial charge on any atom is -0.497 e. The highest BCUT2D eigenvalue weighted by atomic mass is 16.6. The standard InChI is InChI=1S/C26H21N3O6/c1-16-6-5-9-23(29(32)33)25(16)28-24(30)15-35-26(31)20-14-22(17-10-12-18(34-2)13-11-17)27-21-8-4-3-7-19(20)21/h3-14H,15H2,1-2H3,(H,28,30). The molecule has 9 heteroatoms. The van der Waals surface area contributed by atoms with E-state index in [2.05, 4.69) is 10.3 Å². The van der Waals surface area contributed by atoms with Crippen LogP contribution < -0.4 is 10.1 Å². The molecule has 0 aliphatic carbocycles. The molecule has 3 aromatic carbocycles. The second kappa shape index (κ2) is 10.0. The number of carbonyl (C=O) groups is 2. The van der Waals surface area contributed by atoms with E-state index < -0.39 is 23.4 Å². The fraction of sp³-hybridized carbons (Fsp3) is 0.115. The van der Waals surface area contributed by atoms with Crippen molar-refractivity contribution in [1.82, 2.24) is 4.98 Å². The summed E-state index contributed by atoms with van der Waals surface area (Å²) in [7, 11) is 1.57. The second-order valence-electron chi connectivity index (χ2n) is 7.65. The van der Waals surface area contributed by atoms with Gasteiger partial charge >= 0.3 is 5.97 Å². The molecule has 0 saturated carbocycles. The van der Waals surface area contributed by atoms with Crippen LogP contribution in [0.2, 0.25) is 0 Å². The molecule has 35 heavy (non-hydrogen) atoms. The van der Waals surface area contributed by atoms with Gasteiger partial charge in [0.25, 0.3) is 11.6 Å². The molecule has 0 bridgehead atoms. The number of nitro groups is 1. The number of pyridine rings is 1. The van der Waals surface area contributed by atoms with Crippen LogP contribution in [0, 0.1) is 17.0 Å². The molecule has 176 valence electrons. The van der Waals surface area contributed by atoms with Gasteiger partial charge < -0.3 is 14.8 Å². The van der Waals surface area contributed by atoms with E-state index in [0.29, 0.717) is 27.9 Å². The van der Waals surface area contributed by atoms with E-state index >= 15 is 0 Å². The lowest BCUT2D eigenvalue weighted by Gasteiger charge is -2.11. The number of anilines is 1. The molecule has 4 rings (SSSR count). The Bertz CT molecular complexity index is 1430. The molecular weight excluding hydrogens is 450 g/mol. The third-order valence-electron chi connectivity index (χ3n) is 5.37. The Hall–Kier alpha value is -4.79. The van der Waals surface area contributed by atoms with Gasteiger partial charge in [-0.05, 0) is 48.9 Å². The first-order valence-electron chi connectivity index (χ1n) is 10.6. The van der Waals surface area contributed by atoms with Crippen LogP contribution in [0.4, 0.5) is 11.4 Å². The van der Waals surface area contributed by atoms with Gasteiger partial charge in [-0.3, -0.25) is 14.9 Å². The smallest absolute Gasteiger partial charge is 0.339 e. The predicted octanol–water partition coefficient (Wildman–Crippen LogP) is 4.92. The fourth-order valence-corrected chi connectivity index (χ4v) is 3.61. The van der Waals surface area contributed by atoms with Crippen molar-refractivity contribution in [3.8, 4) is 17.0 Å². The maximum atomic E-state index is 13.0. The van der Waals surface area contributed by atoms with Crippen LogP contribution in [0.1, 0.15) is 15.9 Å². The Morgan fingerprint density at radius 3 is 2.49 bits per heavy atom. The summed E-state index contributed by atoms with van der Waals surface area (Å²) in [5.41, 5.74) is 2.50. The summed E-state index contributed by atoms with van der Waals surface area (Å²) in [5, 5.41) is 14.3. The Kier molecular flexibility index (Phi) is 6.68. The van der Waals surface area contributed by atoms with Crippen molar-refractivity contribution in [2.75, 3.05) is 19.0 Å². The molecule has 0 spiro atoms. The van der Waals surface area contributed by atoms with Crippen LogP contribution in [-0.4, -0.2) is 35.5 Å². The van der Waals surface area contributed by atoms with Gasteiger partial charge in [0, 0.05) is 17.0 Å². The zero-order valence-electron chi connectivity index (χ0n) is 19.0. The lowest BCUT2D eigenvalue weighted by atomic mass is 10.0. The average Bonchev–Trinajstić information content (AvgIpc) is 2.87. The number of nitrogens with one attached hydrogen (secondary N) is 1. The molecule has 1 N–H and O–H groups in total. The highest BCUT2D eigenvalue weighted by Crippen LogP contribution is 2.28. The Labute approximate surface area is 200 Å². The number of nitrogens with zero attached hydrogens (tertiary/aromatic N) is 2. The van der Waals surface area contributed by atoms with Gasteiger partial charge in [0.05, 0.1) is 28.8 Å². The number of fused-ring (bicyclic) bond motifs is 1. The normalized spacial score (nSPS) is 10.6. The van der Waals surface area contributed by atoms with Crippen molar-refractivity contribution in [2.45, 2.75) is 6.92 Å². The number of aromatic nitrogens is 1.